The molecule has 3 nitrogen and oxygen atoms in total. The number of rotatable bonds is 5. The van der Waals surface area contributed by atoms with Gasteiger partial charge in [-0.25, -0.2) is 4.79 Å². The highest BCUT2D eigenvalue weighted by atomic mass is 16.5. The largest absolute Gasteiger partial charge is 0.458 e. The smallest absolute Gasteiger partial charge is 0.340 e. The molecular weight excluding hydrogens is 226 g/mol. The minimum absolute atomic E-state index is 0.231. The molecule has 1 N–H and O–H groups in total. The summed E-state index contributed by atoms with van der Waals surface area (Å²) in [4.78, 5) is 14.7. The lowest BCUT2D eigenvalue weighted by Gasteiger charge is -2.04. The van der Waals surface area contributed by atoms with E-state index in [1.807, 2.05) is 36.5 Å². The molecule has 0 aliphatic carbocycles. The summed E-state index contributed by atoms with van der Waals surface area (Å²) < 4.78 is 5.04. The highest BCUT2D eigenvalue weighted by Gasteiger charge is 2.13. The maximum absolute atomic E-state index is 11.8. The first-order chi connectivity index (χ1) is 8.81. The van der Waals surface area contributed by atoms with Crippen LogP contribution in [-0.2, 0) is 11.2 Å². The Morgan fingerprint density at radius 1 is 1.28 bits per heavy atom. The van der Waals surface area contributed by atoms with Gasteiger partial charge >= 0.3 is 5.97 Å². The van der Waals surface area contributed by atoms with Gasteiger partial charge in [0.1, 0.15) is 6.61 Å². The van der Waals surface area contributed by atoms with Crippen molar-refractivity contribution in [2.75, 3.05) is 6.61 Å². The van der Waals surface area contributed by atoms with Crippen LogP contribution in [0.1, 0.15) is 21.5 Å². The average Bonchev–Trinajstić information content (AvgIpc) is 2.85. The van der Waals surface area contributed by atoms with Crippen molar-refractivity contribution < 1.29 is 9.53 Å². The predicted octanol–water partition coefficient (Wildman–Crippen LogP) is 2.95. The van der Waals surface area contributed by atoms with Crippen LogP contribution < -0.4 is 0 Å². The first kappa shape index (κ1) is 12.2. The molecule has 2 rings (SSSR count). The molecular formula is C15H15NO2. The van der Waals surface area contributed by atoms with E-state index in [4.69, 9.17) is 4.74 Å². The lowest BCUT2D eigenvalue weighted by Crippen LogP contribution is -2.06. The van der Waals surface area contributed by atoms with E-state index in [1.165, 1.54) is 0 Å². The predicted molar refractivity (Wildman–Crippen MR) is 70.5 cm³/mol. The molecule has 0 amide bonds. The SMILES string of the molecule is C=CCOC(=O)c1c[nH]cc1Cc1ccccc1. The lowest BCUT2D eigenvalue weighted by molar-refractivity contribution is 0.0549. The van der Waals surface area contributed by atoms with Crippen LogP contribution in [0.5, 0.6) is 0 Å². The number of carbonyl (C=O) groups is 1. The molecule has 0 fully saturated rings. The summed E-state index contributed by atoms with van der Waals surface area (Å²) in [5, 5.41) is 0. The fourth-order valence-electron chi connectivity index (χ4n) is 1.76. The van der Waals surface area contributed by atoms with Gasteiger partial charge in [0.25, 0.3) is 0 Å². The third-order valence-electron chi connectivity index (χ3n) is 2.62. The second kappa shape index (κ2) is 5.87. The topological polar surface area (TPSA) is 42.1 Å². The number of aromatic nitrogens is 1. The minimum atomic E-state index is -0.318. The monoisotopic (exact) mass is 241 g/mol. The van der Waals surface area contributed by atoms with Gasteiger partial charge in [-0.15, -0.1) is 0 Å². The van der Waals surface area contributed by atoms with Crippen LogP contribution in [0.4, 0.5) is 0 Å². The normalized spacial score (nSPS) is 10.0. The molecule has 0 aliphatic rings. The van der Waals surface area contributed by atoms with Crippen molar-refractivity contribution in [3.05, 3.63) is 72.1 Å². The first-order valence-corrected chi connectivity index (χ1v) is 5.79. The lowest BCUT2D eigenvalue weighted by atomic mass is 10.0. The summed E-state index contributed by atoms with van der Waals surface area (Å²) in [5.74, 6) is -0.318. The van der Waals surface area contributed by atoms with Crippen molar-refractivity contribution in [3.8, 4) is 0 Å². The van der Waals surface area contributed by atoms with Gasteiger partial charge in [-0.1, -0.05) is 43.0 Å². The van der Waals surface area contributed by atoms with E-state index in [-0.39, 0.29) is 12.6 Å². The number of carbonyl (C=O) groups excluding carboxylic acids is 1. The summed E-state index contributed by atoms with van der Waals surface area (Å²) in [6.45, 7) is 3.75. The van der Waals surface area contributed by atoms with Crippen LogP contribution in [0.3, 0.4) is 0 Å². The molecule has 1 aromatic carbocycles. The third kappa shape index (κ3) is 2.88. The van der Waals surface area contributed by atoms with Crippen LogP contribution in [0, 0.1) is 0 Å². The van der Waals surface area contributed by atoms with E-state index in [1.54, 1.807) is 12.3 Å². The Balaban J connectivity index is 2.13. The van der Waals surface area contributed by atoms with Gasteiger partial charge in [0.2, 0.25) is 0 Å². The van der Waals surface area contributed by atoms with Crippen LogP contribution in [0.25, 0.3) is 0 Å². The third-order valence-corrected chi connectivity index (χ3v) is 2.62. The standard InChI is InChI=1S/C15H15NO2/c1-2-8-18-15(17)14-11-16-10-13(14)9-12-6-4-3-5-7-12/h2-7,10-11,16H,1,8-9H2. The second-order valence-corrected chi connectivity index (χ2v) is 3.94. The van der Waals surface area contributed by atoms with E-state index in [2.05, 4.69) is 11.6 Å². The maximum atomic E-state index is 11.8. The quantitative estimate of drug-likeness (QED) is 0.646. The number of benzene rings is 1. The van der Waals surface area contributed by atoms with Crippen molar-refractivity contribution in [2.24, 2.45) is 0 Å². The van der Waals surface area contributed by atoms with Gasteiger partial charge in [-0.2, -0.15) is 0 Å². The van der Waals surface area contributed by atoms with E-state index in [9.17, 15) is 4.79 Å². The number of nitrogens with one attached hydrogen (secondary N) is 1. The number of ether oxygens (including phenoxy) is 1. The Bertz CT molecular complexity index is 528. The molecule has 1 heterocycles. The molecule has 1 aromatic heterocycles. The Morgan fingerprint density at radius 2 is 2.06 bits per heavy atom. The zero-order valence-corrected chi connectivity index (χ0v) is 10.1. The van der Waals surface area contributed by atoms with Crippen molar-refractivity contribution in [2.45, 2.75) is 6.42 Å². The Kier molecular flexibility index (Phi) is 3.97. The van der Waals surface area contributed by atoms with Crippen LogP contribution in [0.2, 0.25) is 0 Å². The Morgan fingerprint density at radius 3 is 2.78 bits per heavy atom. The van der Waals surface area contributed by atoms with Crippen LogP contribution >= 0.6 is 0 Å². The van der Waals surface area contributed by atoms with Gasteiger partial charge in [-0.05, 0) is 17.5 Å². The van der Waals surface area contributed by atoms with Gasteiger partial charge in [0, 0.05) is 12.4 Å². The molecule has 0 spiro atoms. The number of H-pyrrole nitrogens is 1. The first-order valence-electron chi connectivity index (χ1n) is 5.79. The van der Waals surface area contributed by atoms with Crippen LogP contribution in [-0.4, -0.2) is 17.6 Å². The second-order valence-electron chi connectivity index (χ2n) is 3.94. The molecule has 2 aromatic rings. The summed E-state index contributed by atoms with van der Waals surface area (Å²) in [6.07, 6.45) is 5.77. The molecule has 0 bridgehead atoms. The highest BCUT2D eigenvalue weighted by Crippen LogP contribution is 2.15. The van der Waals surface area contributed by atoms with Crippen LogP contribution in [0.15, 0.2) is 55.4 Å². The van der Waals surface area contributed by atoms with E-state index < -0.39 is 0 Å². The number of aromatic amines is 1. The molecule has 0 unspecified atom stereocenters. The molecule has 0 saturated heterocycles. The van der Waals surface area contributed by atoms with Gasteiger partial charge in [0.15, 0.2) is 0 Å². The Hall–Kier alpha value is -2.29. The molecule has 18 heavy (non-hydrogen) atoms. The summed E-state index contributed by atoms with van der Waals surface area (Å²) in [6, 6.07) is 10.0. The average molecular weight is 241 g/mol. The Labute approximate surface area is 106 Å². The summed E-state index contributed by atoms with van der Waals surface area (Å²) in [5.41, 5.74) is 2.69. The summed E-state index contributed by atoms with van der Waals surface area (Å²) in [7, 11) is 0. The van der Waals surface area contributed by atoms with E-state index in [0.717, 1.165) is 11.1 Å². The fraction of sp³-hybridized carbons (Fsp3) is 0.133. The summed E-state index contributed by atoms with van der Waals surface area (Å²) >= 11 is 0. The minimum Gasteiger partial charge on any atom is -0.458 e. The van der Waals surface area contributed by atoms with Crippen molar-refractivity contribution in [1.82, 2.24) is 4.98 Å². The molecule has 0 aliphatic heterocycles. The number of hydrogen-bond acceptors (Lipinski definition) is 2. The molecule has 3 heteroatoms. The zero-order chi connectivity index (χ0) is 12.8. The van der Waals surface area contributed by atoms with Crippen molar-refractivity contribution >= 4 is 5.97 Å². The number of hydrogen-bond donors (Lipinski definition) is 1. The zero-order valence-electron chi connectivity index (χ0n) is 10.1. The highest BCUT2D eigenvalue weighted by molar-refractivity contribution is 5.91. The van der Waals surface area contributed by atoms with E-state index >= 15 is 0 Å². The molecule has 0 atom stereocenters. The van der Waals surface area contributed by atoms with Gasteiger partial charge in [0.05, 0.1) is 5.56 Å². The van der Waals surface area contributed by atoms with E-state index in [0.29, 0.717) is 12.0 Å². The number of esters is 1. The van der Waals surface area contributed by atoms with Crippen molar-refractivity contribution in [3.63, 3.8) is 0 Å². The maximum Gasteiger partial charge on any atom is 0.340 e. The van der Waals surface area contributed by atoms with Gasteiger partial charge in [-0.3, -0.25) is 0 Å². The van der Waals surface area contributed by atoms with Crippen molar-refractivity contribution in [1.29, 1.82) is 0 Å². The fourth-order valence-corrected chi connectivity index (χ4v) is 1.76. The molecule has 0 saturated carbocycles. The molecule has 92 valence electrons. The molecule has 0 radical (unpaired) electrons. The van der Waals surface area contributed by atoms with Gasteiger partial charge < -0.3 is 9.72 Å².